The van der Waals surface area contributed by atoms with Gasteiger partial charge in [-0.05, 0) is 36.5 Å². The van der Waals surface area contributed by atoms with E-state index in [1.807, 2.05) is 24.3 Å². The maximum absolute atomic E-state index is 13.2. The monoisotopic (exact) mass is 388 g/mol. The first kappa shape index (κ1) is 19.4. The Morgan fingerprint density at radius 2 is 1.83 bits per heavy atom. The molecule has 1 amide bonds. The minimum Gasteiger partial charge on any atom is -0.351 e. The Hall–Kier alpha value is -2.95. The number of nitrogens with one attached hydrogen (secondary N) is 1. The van der Waals surface area contributed by atoms with Crippen LogP contribution in [0.4, 0.5) is 0 Å². The van der Waals surface area contributed by atoms with E-state index in [1.54, 1.807) is 17.1 Å². The van der Waals surface area contributed by atoms with E-state index in [-0.39, 0.29) is 17.2 Å². The number of hydrogen-bond donors (Lipinski definition) is 1. The molecule has 0 radical (unpaired) electrons. The molecular formula is C24H28N4O. The number of carbonyl (C=O) groups is 1. The molecule has 0 unspecified atom stereocenters. The number of benzene rings is 1. The topological polar surface area (TPSA) is 59.8 Å². The van der Waals surface area contributed by atoms with Crippen LogP contribution >= 0.6 is 0 Å². The second-order valence-corrected chi connectivity index (χ2v) is 8.23. The third-order valence-corrected chi connectivity index (χ3v) is 6.00. The average Bonchev–Trinajstić information content (AvgIpc) is 3.42. The molecule has 0 saturated heterocycles. The summed E-state index contributed by atoms with van der Waals surface area (Å²) < 4.78 is 1.78. The lowest BCUT2D eigenvalue weighted by molar-refractivity contribution is 0.0941. The Morgan fingerprint density at radius 1 is 1.10 bits per heavy atom. The van der Waals surface area contributed by atoms with Gasteiger partial charge in [-0.15, -0.1) is 0 Å². The van der Waals surface area contributed by atoms with E-state index in [4.69, 9.17) is 0 Å². The smallest absolute Gasteiger partial charge is 0.254 e. The minimum absolute atomic E-state index is 0.0336. The zero-order valence-electron chi connectivity index (χ0n) is 17.1. The van der Waals surface area contributed by atoms with Gasteiger partial charge in [-0.1, -0.05) is 63.1 Å². The van der Waals surface area contributed by atoms with Crippen LogP contribution in [0.3, 0.4) is 0 Å². The summed E-state index contributed by atoms with van der Waals surface area (Å²) in [7, 11) is 0. The van der Waals surface area contributed by atoms with Crippen LogP contribution in [0, 0.1) is 0 Å². The van der Waals surface area contributed by atoms with Gasteiger partial charge in [0.05, 0.1) is 17.5 Å². The molecule has 1 aliphatic carbocycles. The van der Waals surface area contributed by atoms with E-state index in [9.17, 15) is 4.79 Å². The highest BCUT2D eigenvalue weighted by molar-refractivity contribution is 5.95. The Kier molecular flexibility index (Phi) is 5.47. The number of carbonyl (C=O) groups excluding carboxylic acids is 1. The molecule has 5 heteroatoms. The molecule has 150 valence electrons. The van der Waals surface area contributed by atoms with Crippen molar-refractivity contribution in [3.63, 3.8) is 0 Å². The third-order valence-electron chi connectivity index (χ3n) is 6.00. The molecule has 1 fully saturated rings. The standard InChI is InChI=1S/C24H28N4O/c1-18(2)22-20(16-27-28(22)21-12-6-9-15-25-21)23(29)26-17-24(13-7-8-14-24)19-10-4-3-5-11-19/h3-6,9-12,15-16,18H,7-8,13-14,17H2,1-2H3,(H,26,29). The van der Waals surface area contributed by atoms with Gasteiger partial charge in [0, 0.05) is 18.2 Å². The molecule has 4 rings (SSSR count). The van der Waals surface area contributed by atoms with Gasteiger partial charge in [-0.3, -0.25) is 4.79 Å². The summed E-state index contributed by atoms with van der Waals surface area (Å²) in [5, 5.41) is 7.70. The number of amides is 1. The quantitative estimate of drug-likeness (QED) is 0.670. The van der Waals surface area contributed by atoms with Crippen molar-refractivity contribution in [1.82, 2.24) is 20.1 Å². The highest BCUT2D eigenvalue weighted by atomic mass is 16.1. The van der Waals surface area contributed by atoms with E-state index in [1.165, 1.54) is 18.4 Å². The summed E-state index contributed by atoms with van der Waals surface area (Å²) in [6.45, 7) is 4.81. The normalized spacial score (nSPS) is 15.6. The zero-order chi connectivity index (χ0) is 20.3. The lowest BCUT2D eigenvalue weighted by Crippen LogP contribution is -2.39. The highest BCUT2D eigenvalue weighted by Crippen LogP contribution is 2.40. The molecule has 2 aromatic heterocycles. The molecule has 1 saturated carbocycles. The van der Waals surface area contributed by atoms with Crippen molar-refractivity contribution in [1.29, 1.82) is 0 Å². The minimum atomic E-state index is -0.0573. The number of pyridine rings is 1. The largest absolute Gasteiger partial charge is 0.351 e. The third kappa shape index (κ3) is 3.82. The molecule has 3 aromatic rings. The summed E-state index contributed by atoms with van der Waals surface area (Å²) in [4.78, 5) is 17.6. The van der Waals surface area contributed by atoms with Crippen molar-refractivity contribution in [2.24, 2.45) is 0 Å². The van der Waals surface area contributed by atoms with E-state index in [0.29, 0.717) is 12.1 Å². The average molecular weight is 389 g/mol. The highest BCUT2D eigenvalue weighted by Gasteiger charge is 2.36. The predicted molar refractivity (Wildman–Crippen MR) is 114 cm³/mol. The Bertz CT molecular complexity index is 957. The van der Waals surface area contributed by atoms with Gasteiger partial charge in [-0.25, -0.2) is 9.67 Å². The van der Waals surface area contributed by atoms with Crippen molar-refractivity contribution >= 4 is 5.91 Å². The molecule has 0 aliphatic heterocycles. The maximum Gasteiger partial charge on any atom is 0.254 e. The fraction of sp³-hybridized carbons (Fsp3) is 0.375. The summed E-state index contributed by atoms with van der Waals surface area (Å²) in [5.41, 5.74) is 2.88. The summed E-state index contributed by atoms with van der Waals surface area (Å²) in [6, 6.07) is 16.3. The molecule has 0 spiro atoms. The van der Waals surface area contributed by atoms with Crippen LogP contribution in [-0.4, -0.2) is 27.2 Å². The molecule has 29 heavy (non-hydrogen) atoms. The van der Waals surface area contributed by atoms with Gasteiger partial charge in [0.1, 0.15) is 0 Å². The summed E-state index contributed by atoms with van der Waals surface area (Å²) in [6.07, 6.45) is 8.05. The molecule has 1 N–H and O–H groups in total. The van der Waals surface area contributed by atoms with Gasteiger partial charge in [0.2, 0.25) is 0 Å². The first-order chi connectivity index (χ1) is 14.1. The van der Waals surface area contributed by atoms with Crippen molar-refractivity contribution < 1.29 is 4.79 Å². The number of nitrogens with zero attached hydrogens (tertiary/aromatic N) is 3. The Balaban J connectivity index is 1.58. The van der Waals surface area contributed by atoms with Crippen LogP contribution in [0.15, 0.2) is 60.9 Å². The van der Waals surface area contributed by atoms with E-state index < -0.39 is 0 Å². The van der Waals surface area contributed by atoms with Crippen LogP contribution in [0.25, 0.3) is 5.82 Å². The maximum atomic E-state index is 13.2. The van der Waals surface area contributed by atoms with E-state index >= 15 is 0 Å². The van der Waals surface area contributed by atoms with Gasteiger partial charge in [0.15, 0.2) is 5.82 Å². The van der Waals surface area contributed by atoms with E-state index in [0.717, 1.165) is 24.4 Å². The number of aromatic nitrogens is 3. The first-order valence-corrected chi connectivity index (χ1v) is 10.4. The van der Waals surface area contributed by atoms with Gasteiger partial charge < -0.3 is 5.32 Å². The second-order valence-electron chi connectivity index (χ2n) is 8.23. The van der Waals surface area contributed by atoms with Crippen LogP contribution < -0.4 is 5.32 Å². The van der Waals surface area contributed by atoms with E-state index in [2.05, 4.69) is 53.5 Å². The molecule has 0 bridgehead atoms. The SMILES string of the molecule is CC(C)c1c(C(=O)NCC2(c3ccccc3)CCCC2)cnn1-c1ccccn1. The molecule has 0 atom stereocenters. The van der Waals surface area contributed by atoms with Crippen molar-refractivity contribution in [2.45, 2.75) is 50.9 Å². The van der Waals surface area contributed by atoms with Gasteiger partial charge in [-0.2, -0.15) is 5.10 Å². The van der Waals surface area contributed by atoms with Gasteiger partial charge in [0.25, 0.3) is 5.91 Å². The first-order valence-electron chi connectivity index (χ1n) is 10.4. The lowest BCUT2D eigenvalue weighted by atomic mass is 9.79. The second kappa shape index (κ2) is 8.19. The Labute approximate surface area is 172 Å². The van der Waals surface area contributed by atoms with Crippen LogP contribution in [0.2, 0.25) is 0 Å². The van der Waals surface area contributed by atoms with Crippen molar-refractivity contribution in [3.05, 3.63) is 77.7 Å². The zero-order valence-corrected chi connectivity index (χ0v) is 17.1. The number of rotatable bonds is 6. The number of hydrogen-bond acceptors (Lipinski definition) is 3. The summed E-state index contributed by atoms with van der Waals surface area (Å²) >= 11 is 0. The van der Waals surface area contributed by atoms with Crippen LogP contribution in [0.1, 0.15) is 67.1 Å². The predicted octanol–water partition coefficient (Wildman–Crippen LogP) is 4.63. The molecule has 5 nitrogen and oxygen atoms in total. The fourth-order valence-corrected chi connectivity index (χ4v) is 4.51. The molecular weight excluding hydrogens is 360 g/mol. The van der Waals surface area contributed by atoms with Crippen LogP contribution in [0.5, 0.6) is 0 Å². The van der Waals surface area contributed by atoms with Crippen LogP contribution in [-0.2, 0) is 5.41 Å². The van der Waals surface area contributed by atoms with Gasteiger partial charge >= 0.3 is 0 Å². The lowest BCUT2D eigenvalue weighted by Gasteiger charge is -2.30. The molecule has 1 aromatic carbocycles. The molecule has 1 aliphatic rings. The van der Waals surface area contributed by atoms with Crippen molar-refractivity contribution in [2.75, 3.05) is 6.54 Å². The van der Waals surface area contributed by atoms with Crippen molar-refractivity contribution in [3.8, 4) is 5.82 Å². The fourth-order valence-electron chi connectivity index (χ4n) is 4.51. The Morgan fingerprint density at radius 3 is 2.48 bits per heavy atom. The molecule has 2 heterocycles. The summed E-state index contributed by atoms with van der Waals surface area (Å²) in [5.74, 6) is 0.819.